The van der Waals surface area contributed by atoms with Crippen molar-refractivity contribution in [3.8, 4) is 11.5 Å². The number of fused-ring (bicyclic) bond motifs is 2. The number of aryl methyl sites for hydroxylation is 1. The fourth-order valence-electron chi connectivity index (χ4n) is 4.15. The predicted molar refractivity (Wildman–Crippen MR) is 138 cm³/mol. The van der Waals surface area contributed by atoms with Gasteiger partial charge in [0.05, 0.1) is 16.6 Å². The van der Waals surface area contributed by atoms with Gasteiger partial charge in [-0.3, -0.25) is 14.5 Å². The van der Waals surface area contributed by atoms with Crippen molar-refractivity contribution in [2.24, 2.45) is 0 Å². The fraction of sp³-hybridized carbons (Fsp3) is 0.214. The number of anilines is 1. The number of benzene rings is 3. The van der Waals surface area contributed by atoms with Crippen molar-refractivity contribution in [1.29, 1.82) is 0 Å². The average Bonchev–Trinajstić information content (AvgIpc) is 2.87. The van der Waals surface area contributed by atoms with Crippen LogP contribution in [0.15, 0.2) is 76.5 Å². The van der Waals surface area contributed by atoms with E-state index in [4.69, 9.17) is 9.47 Å². The monoisotopic (exact) mass is 486 g/mol. The van der Waals surface area contributed by atoms with E-state index in [-0.39, 0.29) is 24.4 Å². The van der Waals surface area contributed by atoms with Crippen LogP contribution in [0.2, 0.25) is 0 Å². The van der Waals surface area contributed by atoms with Crippen molar-refractivity contribution in [1.82, 2.24) is 5.32 Å². The summed E-state index contributed by atoms with van der Waals surface area (Å²) in [5, 5.41) is 3.02. The highest BCUT2D eigenvalue weighted by molar-refractivity contribution is 8.04. The summed E-state index contributed by atoms with van der Waals surface area (Å²) in [6.45, 7) is 4.89. The number of ether oxygens (including phenoxy) is 2. The Kier molecular flexibility index (Phi) is 6.51. The highest BCUT2D eigenvalue weighted by Gasteiger charge is 2.31. The second-order valence-corrected chi connectivity index (χ2v) is 9.60. The first-order chi connectivity index (χ1) is 17.0. The molecule has 6 nitrogen and oxygen atoms in total. The highest BCUT2D eigenvalue weighted by atomic mass is 32.2. The molecule has 2 amide bonds. The van der Waals surface area contributed by atoms with E-state index in [0.29, 0.717) is 29.6 Å². The molecule has 1 N–H and O–H groups in total. The molecule has 0 bridgehead atoms. The first-order valence-corrected chi connectivity index (χ1v) is 12.4. The zero-order valence-corrected chi connectivity index (χ0v) is 20.4. The minimum Gasteiger partial charge on any atom is -0.486 e. The number of carbonyl (C=O) groups is 2. The summed E-state index contributed by atoms with van der Waals surface area (Å²) in [4.78, 5) is 29.6. The van der Waals surface area contributed by atoms with Gasteiger partial charge in [0.25, 0.3) is 5.91 Å². The van der Waals surface area contributed by atoms with Gasteiger partial charge in [0, 0.05) is 4.90 Å². The second-order valence-electron chi connectivity index (χ2n) is 8.52. The number of nitrogens with one attached hydrogen (secondary N) is 1. The Balaban J connectivity index is 1.36. The quantitative estimate of drug-likeness (QED) is 0.507. The summed E-state index contributed by atoms with van der Waals surface area (Å²) in [5.74, 6) is 0.967. The third-order valence-electron chi connectivity index (χ3n) is 6.05. The predicted octanol–water partition coefficient (Wildman–Crippen LogP) is 5.12. The Morgan fingerprint density at radius 3 is 2.63 bits per heavy atom. The molecule has 3 aromatic carbocycles. The summed E-state index contributed by atoms with van der Waals surface area (Å²) < 4.78 is 11.2. The van der Waals surface area contributed by atoms with Gasteiger partial charge >= 0.3 is 0 Å². The lowest BCUT2D eigenvalue weighted by Crippen LogP contribution is -2.43. The van der Waals surface area contributed by atoms with Gasteiger partial charge in [0.1, 0.15) is 19.8 Å². The van der Waals surface area contributed by atoms with Crippen LogP contribution >= 0.6 is 11.8 Å². The lowest BCUT2D eigenvalue weighted by atomic mass is 10.1. The molecule has 0 saturated carbocycles. The molecule has 3 aromatic rings. The number of carbonyl (C=O) groups excluding carboxylic acids is 2. The molecule has 178 valence electrons. The molecule has 35 heavy (non-hydrogen) atoms. The summed E-state index contributed by atoms with van der Waals surface area (Å²) in [6.07, 6.45) is 1.90. The Morgan fingerprint density at radius 2 is 1.80 bits per heavy atom. The second kappa shape index (κ2) is 9.88. The van der Waals surface area contributed by atoms with Gasteiger partial charge in [-0.2, -0.15) is 0 Å². The molecule has 0 aromatic heterocycles. The molecule has 5 rings (SSSR count). The van der Waals surface area contributed by atoms with Crippen molar-refractivity contribution in [3.05, 3.63) is 88.3 Å². The highest BCUT2D eigenvalue weighted by Crippen LogP contribution is 2.42. The van der Waals surface area contributed by atoms with Crippen LogP contribution in [-0.4, -0.2) is 31.6 Å². The Hall–Kier alpha value is -3.71. The maximum absolute atomic E-state index is 13.5. The zero-order chi connectivity index (χ0) is 24.4. The van der Waals surface area contributed by atoms with E-state index >= 15 is 0 Å². The van der Waals surface area contributed by atoms with E-state index in [1.165, 1.54) is 11.8 Å². The van der Waals surface area contributed by atoms with Crippen LogP contribution in [0.3, 0.4) is 0 Å². The summed E-state index contributed by atoms with van der Waals surface area (Å²) in [6, 6.07) is 21.0. The zero-order valence-electron chi connectivity index (χ0n) is 19.6. The largest absolute Gasteiger partial charge is 0.486 e. The number of nitrogens with zero attached hydrogens (tertiary/aromatic N) is 1. The van der Waals surface area contributed by atoms with Crippen LogP contribution in [0.1, 0.15) is 29.7 Å². The van der Waals surface area contributed by atoms with Crippen LogP contribution in [0, 0.1) is 6.92 Å². The van der Waals surface area contributed by atoms with Gasteiger partial charge < -0.3 is 14.8 Å². The number of rotatable bonds is 5. The van der Waals surface area contributed by atoms with Gasteiger partial charge in [-0.05, 0) is 60.9 Å². The van der Waals surface area contributed by atoms with Gasteiger partial charge in [-0.1, -0.05) is 54.2 Å². The first-order valence-electron chi connectivity index (χ1n) is 11.5. The maximum atomic E-state index is 13.5. The molecule has 0 spiro atoms. The Labute approximate surface area is 208 Å². The topological polar surface area (TPSA) is 67.9 Å². The Bertz CT molecular complexity index is 1320. The smallest absolute Gasteiger partial charge is 0.265 e. The van der Waals surface area contributed by atoms with E-state index in [1.54, 1.807) is 4.90 Å². The molecule has 1 atom stereocenters. The van der Waals surface area contributed by atoms with E-state index in [9.17, 15) is 9.59 Å². The minimum absolute atomic E-state index is 0.0730. The third kappa shape index (κ3) is 4.91. The molecule has 0 aliphatic carbocycles. The number of amides is 2. The van der Waals surface area contributed by atoms with E-state index in [1.807, 2.05) is 86.7 Å². The van der Waals surface area contributed by atoms with Crippen molar-refractivity contribution in [2.75, 3.05) is 24.7 Å². The SMILES string of the molecule is Cc1ccccc1/C=C1\Sc2ccccc2N(CC(=O)N[C@H](C)c2ccc3c(c2)OCCO3)C1=O. The van der Waals surface area contributed by atoms with Gasteiger partial charge in [0.2, 0.25) is 5.91 Å². The molecule has 0 fully saturated rings. The van der Waals surface area contributed by atoms with Gasteiger partial charge in [-0.15, -0.1) is 0 Å². The average molecular weight is 487 g/mol. The fourth-order valence-corrected chi connectivity index (χ4v) is 5.20. The lowest BCUT2D eigenvalue weighted by Gasteiger charge is -2.30. The third-order valence-corrected chi connectivity index (χ3v) is 7.13. The van der Waals surface area contributed by atoms with Crippen molar-refractivity contribution in [2.45, 2.75) is 24.8 Å². The summed E-state index contributed by atoms with van der Waals surface area (Å²) in [7, 11) is 0. The standard InChI is InChI=1S/C28H26N2O4S/c1-18-7-3-4-8-20(18)16-26-28(32)30(22-9-5-6-10-25(22)35-26)17-27(31)29-19(2)21-11-12-23-24(15-21)34-14-13-33-23/h3-12,15-16,19H,13-14,17H2,1-2H3,(H,29,31)/b26-16-/t19-/m1/s1. The first kappa shape index (κ1) is 23.1. The van der Waals surface area contributed by atoms with Crippen LogP contribution in [0.5, 0.6) is 11.5 Å². The van der Waals surface area contributed by atoms with Crippen LogP contribution in [0.4, 0.5) is 5.69 Å². The molecule has 2 aliphatic heterocycles. The maximum Gasteiger partial charge on any atom is 0.265 e. The van der Waals surface area contributed by atoms with Crippen LogP contribution in [-0.2, 0) is 9.59 Å². The van der Waals surface area contributed by atoms with Gasteiger partial charge in [0.15, 0.2) is 11.5 Å². The molecular weight excluding hydrogens is 460 g/mol. The van der Waals surface area contributed by atoms with E-state index < -0.39 is 0 Å². The van der Waals surface area contributed by atoms with Crippen molar-refractivity contribution < 1.29 is 19.1 Å². The molecule has 7 heteroatoms. The molecule has 2 aliphatic rings. The van der Waals surface area contributed by atoms with E-state index in [0.717, 1.165) is 27.3 Å². The molecule has 0 radical (unpaired) electrons. The molecule has 0 unspecified atom stereocenters. The minimum atomic E-state index is -0.259. The van der Waals surface area contributed by atoms with Crippen LogP contribution < -0.4 is 19.7 Å². The van der Waals surface area contributed by atoms with Crippen LogP contribution in [0.25, 0.3) is 6.08 Å². The normalized spacial score (nSPS) is 16.6. The van der Waals surface area contributed by atoms with Crippen molar-refractivity contribution in [3.63, 3.8) is 0 Å². The summed E-state index contributed by atoms with van der Waals surface area (Å²) in [5.41, 5.74) is 3.72. The Morgan fingerprint density at radius 1 is 1.06 bits per heavy atom. The van der Waals surface area contributed by atoms with Crippen molar-refractivity contribution >= 4 is 35.3 Å². The van der Waals surface area contributed by atoms with E-state index in [2.05, 4.69) is 5.32 Å². The number of thioether (sulfide) groups is 1. The molecule has 0 saturated heterocycles. The number of hydrogen-bond donors (Lipinski definition) is 1. The number of para-hydroxylation sites is 1. The lowest BCUT2D eigenvalue weighted by molar-refractivity contribution is -0.122. The van der Waals surface area contributed by atoms with Gasteiger partial charge in [-0.25, -0.2) is 0 Å². The number of hydrogen-bond acceptors (Lipinski definition) is 5. The summed E-state index contributed by atoms with van der Waals surface area (Å²) >= 11 is 1.44. The molecule has 2 heterocycles. The molecular formula is C28H26N2O4S.